The summed E-state index contributed by atoms with van der Waals surface area (Å²) in [5, 5.41) is 22.4. The van der Waals surface area contributed by atoms with Crippen LogP contribution in [-0.2, 0) is 4.79 Å². The fourth-order valence-electron chi connectivity index (χ4n) is 1.29. The summed E-state index contributed by atoms with van der Waals surface area (Å²) in [6.07, 6.45) is 0. The first kappa shape index (κ1) is 12.0. The van der Waals surface area contributed by atoms with Gasteiger partial charge in [-0.25, -0.2) is 4.79 Å². The topological polar surface area (TPSA) is 101 Å². The highest BCUT2D eigenvalue weighted by molar-refractivity contribution is 5.76. The third kappa shape index (κ3) is 2.45. The second-order valence-corrected chi connectivity index (χ2v) is 4.18. The summed E-state index contributed by atoms with van der Waals surface area (Å²) in [6.45, 7) is 2.98. The lowest BCUT2D eigenvalue weighted by Crippen LogP contribution is -2.37. The number of tetrazole rings is 1. The minimum absolute atomic E-state index is 0.467. The number of ether oxygens (including phenoxy) is 1. The van der Waals surface area contributed by atoms with Crippen LogP contribution in [0.2, 0.25) is 0 Å². The van der Waals surface area contributed by atoms with Crippen LogP contribution in [0.4, 0.5) is 0 Å². The molecule has 0 fully saturated rings. The van der Waals surface area contributed by atoms with E-state index in [2.05, 4.69) is 20.6 Å². The molecule has 0 aliphatic rings. The van der Waals surface area contributed by atoms with E-state index in [0.29, 0.717) is 11.6 Å². The van der Waals surface area contributed by atoms with Crippen LogP contribution in [0.3, 0.4) is 0 Å². The van der Waals surface area contributed by atoms with E-state index in [1.54, 1.807) is 24.3 Å². The molecule has 1 aromatic carbocycles. The Hall–Kier alpha value is -2.44. The summed E-state index contributed by atoms with van der Waals surface area (Å²) in [4.78, 5) is 10.9. The molecule has 0 spiro atoms. The zero-order valence-electron chi connectivity index (χ0n) is 9.91. The number of aliphatic carboxylic acids is 1. The molecule has 0 aliphatic heterocycles. The van der Waals surface area contributed by atoms with Gasteiger partial charge in [0, 0.05) is 5.56 Å². The lowest BCUT2D eigenvalue weighted by molar-refractivity contribution is -0.152. The Balaban J connectivity index is 2.16. The number of nitrogens with one attached hydrogen (secondary N) is 1. The lowest BCUT2D eigenvalue weighted by Gasteiger charge is -2.21. The van der Waals surface area contributed by atoms with Crippen molar-refractivity contribution in [1.82, 2.24) is 20.6 Å². The zero-order valence-corrected chi connectivity index (χ0v) is 9.91. The number of carboxylic acid groups (broad SMARTS) is 1. The van der Waals surface area contributed by atoms with Crippen LogP contribution >= 0.6 is 0 Å². The van der Waals surface area contributed by atoms with Crippen molar-refractivity contribution in [2.24, 2.45) is 0 Å². The predicted octanol–water partition coefficient (Wildman–Crippen LogP) is 1.11. The van der Waals surface area contributed by atoms with Crippen molar-refractivity contribution in [2.45, 2.75) is 19.4 Å². The molecule has 0 atom stereocenters. The molecule has 0 bridgehead atoms. The Morgan fingerprint density at radius 1 is 1.33 bits per heavy atom. The molecule has 0 aliphatic carbocycles. The molecule has 2 N–H and O–H groups in total. The van der Waals surface area contributed by atoms with E-state index >= 15 is 0 Å². The number of hydrogen-bond acceptors (Lipinski definition) is 5. The van der Waals surface area contributed by atoms with Crippen LogP contribution in [-0.4, -0.2) is 37.3 Å². The van der Waals surface area contributed by atoms with Gasteiger partial charge < -0.3 is 9.84 Å². The quantitative estimate of drug-likeness (QED) is 0.840. The lowest BCUT2D eigenvalue weighted by atomic mass is 10.1. The average molecular weight is 248 g/mol. The maximum Gasteiger partial charge on any atom is 0.347 e. The van der Waals surface area contributed by atoms with Gasteiger partial charge in [0.15, 0.2) is 5.60 Å². The van der Waals surface area contributed by atoms with Crippen molar-refractivity contribution in [2.75, 3.05) is 0 Å². The monoisotopic (exact) mass is 248 g/mol. The van der Waals surface area contributed by atoms with E-state index in [9.17, 15) is 4.79 Å². The Labute approximate surface area is 103 Å². The second-order valence-electron chi connectivity index (χ2n) is 4.18. The highest BCUT2D eigenvalue weighted by Gasteiger charge is 2.29. The Morgan fingerprint density at radius 3 is 2.50 bits per heavy atom. The summed E-state index contributed by atoms with van der Waals surface area (Å²) in [5.74, 6) is -0.0848. The first-order valence-corrected chi connectivity index (χ1v) is 5.25. The molecular weight excluding hydrogens is 236 g/mol. The smallest absolute Gasteiger partial charge is 0.347 e. The van der Waals surface area contributed by atoms with Crippen LogP contribution < -0.4 is 4.74 Å². The van der Waals surface area contributed by atoms with E-state index in [-0.39, 0.29) is 0 Å². The number of rotatable bonds is 4. The largest absolute Gasteiger partial charge is 0.478 e. The first-order valence-electron chi connectivity index (χ1n) is 5.25. The van der Waals surface area contributed by atoms with Gasteiger partial charge >= 0.3 is 5.97 Å². The van der Waals surface area contributed by atoms with Gasteiger partial charge in [-0.05, 0) is 43.3 Å². The number of aromatic nitrogens is 4. The van der Waals surface area contributed by atoms with Gasteiger partial charge in [-0.1, -0.05) is 0 Å². The van der Waals surface area contributed by atoms with Crippen molar-refractivity contribution in [3.63, 3.8) is 0 Å². The minimum Gasteiger partial charge on any atom is -0.478 e. The minimum atomic E-state index is -1.27. The van der Waals surface area contributed by atoms with Crippen LogP contribution in [0.15, 0.2) is 24.3 Å². The molecule has 1 aromatic heterocycles. The molecule has 0 amide bonds. The maximum absolute atomic E-state index is 10.9. The highest BCUT2D eigenvalue weighted by atomic mass is 16.5. The number of carboxylic acids is 1. The third-order valence-corrected chi connectivity index (χ3v) is 2.35. The summed E-state index contributed by atoms with van der Waals surface area (Å²) in [7, 11) is 0. The molecule has 2 aromatic rings. The number of nitrogens with zero attached hydrogens (tertiary/aromatic N) is 3. The summed E-state index contributed by atoms with van der Waals surface area (Å²) in [5.41, 5.74) is -0.502. The van der Waals surface area contributed by atoms with Crippen LogP contribution in [0.1, 0.15) is 13.8 Å². The third-order valence-electron chi connectivity index (χ3n) is 2.35. The van der Waals surface area contributed by atoms with Crippen LogP contribution in [0, 0.1) is 0 Å². The Bertz CT molecular complexity index is 534. The van der Waals surface area contributed by atoms with Crippen molar-refractivity contribution >= 4 is 5.97 Å². The molecule has 0 saturated carbocycles. The SMILES string of the molecule is CC(C)(Oc1ccc(-c2nn[nH]n2)cc1)C(=O)O. The van der Waals surface area contributed by atoms with E-state index in [0.717, 1.165) is 5.56 Å². The number of benzene rings is 1. The summed E-state index contributed by atoms with van der Waals surface area (Å²) < 4.78 is 5.37. The van der Waals surface area contributed by atoms with Gasteiger partial charge in [-0.2, -0.15) is 5.21 Å². The van der Waals surface area contributed by atoms with Crippen LogP contribution in [0.25, 0.3) is 11.4 Å². The number of H-pyrrole nitrogens is 1. The Morgan fingerprint density at radius 2 is 2.00 bits per heavy atom. The molecule has 18 heavy (non-hydrogen) atoms. The molecule has 0 unspecified atom stereocenters. The molecule has 2 rings (SSSR count). The van der Waals surface area contributed by atoms with Gasteiger partial charge in [0.05, 0.1) is 0 Å². The molecule has 7 heteroatoms. The van der Waals surface area contributed by atoms with E-state index < -0.39 is 11.6 Å². The van der Waals surface area contributed by atoms with Gasteiger partial charge in [0.25, 0.3) is 0 Å². The van der Waals surface area contributed by atoms with E-state index in [1.807, 2.05) is 0 Å². The Kier molecular flexibility index (Phi) is 2.97. The number of hydrogen-bond donors (Lipinski definition) is 2. The normalized spacial score (nSPS) is 11.2. The van der Waals surface area contributed by atoms with Crippen LogP contribution in [0.5, 0.6) is 5.75 Å². The first-order chi connectivity index (χ1) is 8.49. The van der Waals surface area contributed by atoms with Crippen molar-refractivity contribution < 1.29 is 14.6 Å². The highest BCUT2D eigenvalue weighted by Crippen LogP contribution is 2.22. The predicted molar refractivity (Wildman–Crippen MR) is 62.0 cm³/mol. The van der Waals surface area contributed by atoms with Gasteiger partial charge in [-0.15, -0.1) is 10.2 Å². The van der Waals surface area contributed by atoms with E-state index in [1.165, 1.54) is 13.8 Å². The second kappa shape index (κ2) is 4.44. The fraction of sp³-hybridized carbons (Fsp3) is 0.273. The summed E-state index contributed by atoms with van der Waals surface area (Å²) >= 11 is 0. The van der Waals surface area contributed by atoms with Gasteiger partial charge in [-0.3, -0.25) is 0 Å². The van der Waals surface area contributed by atoms with Crippen molar-refractivity contribution in [3.8, 4) is 17.1 Å². The molecule has 7 nitrogen and oxygen atoms in total. The van der Waals surface area contributed by atoms with E-state index in [4.69, 9.17) is 9.84 Å². The molecule has 0 radical (unpaired) electrons. The van der Waals surface area contributed by atoms with Gasteiger partial charge in [0.2, 0.25) is 5.82 Å². The number of carbonyl (C=O) groups is 1. The zero-order chi connectivity index (χ0) is 13.2. The summed E-state index contributed by atoms with van der Waals surface area (Å²) in [6, 6.07) is 6.79. The van der Waals surface area contributed by atoms with Crippen molar-refractivity contribution in [3.05, 3.63) is 24.3 Å². The number of aromatic amines is 1. The average Bonchev–Trinajstić information content (AvgIpc) is 2.83. The maximum atomic E-state index is 10.9. The molecule has 0 saturated heterocycles. The standard InChI is InChI=1S/C11H12N4O3/c1-11(2,10(16)17)18-8-5-3-7(4-6-8)9-12-14-15-13-9/h3-6H,1-2H3,(H,16,17)(H,12,13,14,15). The molecule has 94 valence electrons. The fourth-order valence-corrected chi connectivity index (χ4v) is 1.29. The molecule has 1 heterocycles. The van der Waals surface area contributed by atoms with Crippen molar-refractivity contribution in [1.29, 1.82) is 0 Å². The van der Waals surface area contributed by atoms with Gasteiger partial charge in [0.1, 0.15) is 5.75 Å². The molecular formula is C11H12N4O3.